The molecule has 0 unspecified atom stereocenters. The van der Waals surface area contributed by atoms with Gasteiger partial charge in [0.15, 0.2) is 0 Å². The third kappa shape index (κ3) is 6.68. The molecule has 0 aliphatic rings. The molecule has 2 aromatic carbocycles. The highest BCUT2D eigenvalue weighted by Crippen LogP contribution is 2.16. The van der Waals surface area contributed by atoms with Gasteiger partial charge in [-0.25, -0.2) is 4.39 Å². The molecule has 0 saturated heterocycles. The fourth-order valence-corrected chi connectivity index (χ4v) is 2.69. The van der Waals surface area contributed by atoms with Gasteiger partial charge in [0.05, 0.1) is 19.6 Å². The number of benzene rings is 2. The van der Waals surface area contributed by atoms with Crippen molar-refractivity contribution in [2.24, 2.45) is 0 Å². The molecule has 2 aromatic rings. The van der Waals surface area contributed by atoms with Crippen LogP contribution in [0.25, 0.3) is 0 Å². The number of ether oxygens (including phenoxy) is 2. The van der Waals surface area contributed by atoms with Crippen LogP contribution in [-0.2, 0) is 16.0 Å². The molecule has 0 N–H and O–H groups in total. The van der Waals surface area contributed by atoms with E-state index in [1.54, 1.807) is 41.3 Å². The molecule has 0 bridgehead atoms. The van der Waals surface area contributed by atoms with E-state index >= 15 is 0 Å². The van der Waals surface area contributed by atoms with Gasteiger partial charge in [-0.3, -0.25) is 9.59 Å². The standard InChI is InChI=1S/C22H26FNO4/c1-16(2)28-20-10-6-18(7-11-20)22(26)24(15-13-21(25)27-3)14-12-17-4-8-19(23)9-5-17/h4-11,16H,12-15H2,1-3H3. The molecule has 6 heteroatoms. The Kier molecular flexibility index (Phi) is 7.99. The van der Waals surface area contributed by atoms with Crippen LogP contribution < -0.4 is 4.74 Å². The SMILES string of the molecule is COC(=O)CCN(CCc1ccc(F)cc1)C(=O)c1ccc(OC(C)C)cc1. The molecule has 0 aliphatic heterocycles. The van der Waals surface area contributed by atoms with Crippen LogP contribution in [0.4, 0.5) is 4.39 Å². The number of nitrogens with zero attached hydrogens (tertiary/aromatic N) is 1. The lowest BCUT2D eigenvalue weighted by atomic mass is 10.1. The number of methoxy groups -OCH3 is 1. The zero-order valence-corrected chi connectivity index (χ0v) is 16.5. The van der Waals surface area contributed by atoms with Crippen molar-refractivity contribution < 1.29 is 23.5 Å². The lowest BCUT2D eigenvalue weighted by Gasteiger charge is -2.23. The Morgan fingerprint density at radius 3 is 2.21 bits per heavy atom. The average molecular weight is 387 g/mol. The van der Waals surface area contributed by atoms with E-state index in [1.807, 2.05) is 13.8 Å². The first-order valence-corrected chi connectivity index (χ1v) is 9.26. The highest BCUT2D eigenvalue weighted by Gasteiger charge is 2.17. The van der Waals surface area contributed by atoms with E-state index in [9.17, 15) is 14.0 Å². The molecule has 0 aromatic heterocycles. The Morgan fingerprint density at radius 1 is 1.00 bits per heavy atom. The van der Waals surface area contributed by atoms with Gasteiger partial charge < -0.3 is 14.4 Å². The van der Waals surface area contributed by atoms with Gasteiger partial charge in [0.1, 0.15) is 11.6 Å². The van der Waals surface area contributed by atoms with Crippen molar-refractivity contribution >= 4 is 11.9 Å². The largest absolute Gasteiger partial charge is 0.491 e. The van der Waals surface area contributed by atoms with Crippen molar-refractivity contribution in [2.75, 3.05) is 20.2 Å². The van der Waals surface area contributed by atoms with Crippen molar-refractivity contribution in [2.45, 2.75) is 32.8 Å². The maximum Gasteiger partial charge on any atom is 0.307 e. The molecular formula is C22H26FNO4. The molecule has 0 fully saturated rings. The molecular weight excluding hydrogens is 361 g/mol. The Morgan fingerprint density at radius 2 is 1.64 bits per heavy atom. The van der Waals surface area contributed by atoms with E-state index in [0.29, 0.717) is 24.3 Å². The summed E-state index contributed by atoms with van der Waals surface area (Å²) in [6.07, 6.45) is 0.718. The van der Waals surface area contributed by atoms with Crippen LogP contribution in [0.1, 0.15) is 36.2 Å². The summed E-state index contributed by atoms with van der Waals surface area (Å²) in [5.74, 6) is -0.160. The summed E-state index contributed by atoms with van der Waals surface area (Å²) >= 11 is 0. The second-order valence-electron chi connectivity index (χ2n) is 6.69. The topological polar surface area (TPSA) is 55.8 Å². The van der Waals surface area contributed by atoms with Crippen LogP contribution in [0.5, 0.6) is 5.75 Å². The lowest BCUT2D eigenvalue weighted by Crippen LogP contribution is -2.35. The van der Waals surface area contributed by atoms with Gasteiger partial charge in [-0.2, -0.15) is 0 Å². The predicted molar refractivity (Wildman–Crippen MR) is 105 cm³/mol. The van der Waals surface area contributed by atoms with Gasteiger partial charge >= 0.3 is 5.97 Å². The number of rotatable bonds is 9. The Hall–Kier alpha value is -2.89. The van der Waals surface area contributed by atoms with E-state index in [2.05, 4.69) is 4.74 Å². The summed E-state index contributed by atoms with van der Waals surface area (Å²) < 4.78 is 23.3. The van der Waals surface area contributed by atoms with Crippen LogP contribution >= 0.6 is 0 Å². The maximum absolute atomic E-state index is 13.1. The first-order valence-electron chi connectivity index (χ1n) is 9.26. The number of halogens is 1. The molecule has 0 radical (unpaired) electrons. The van der Waals surface area contributed by atoms with E-state index in [-0.39, 0.29) is 36.8 Å². The summed E-state index contributed by atoms with van der Waals surface area (Å²) in [4.78, 5) is 26.1. The zero-order valence-electron chi connectivity index (χ0n) is 16.5. The van der Waals surface area contributed by atoms with E-state index < -0.39 is 0 Å². The van der Waals surface area contributed by atoms with Crippen molar-refractivity contribution in [3.8, 4) is 5.75 Å². The fourth-order valence-electron chi connectivity index (χ4n) is 2.69. The summed E-state index contributed by atoms with van der Waals surface area (Å²) in [6, 6.07) is 13.1. The van der Waals surface area contributed by atoms with Gasteiger partial charge in [0.2, 0.25) is 0 Å². The third-order valence-corrected chi connectivity index (χ3v) is 4.16. The number of hydrogen-bond acceptors (Lipinski definition) is 4. The van der Waals surface area contributed by atoms with Gasteiger partial charge in [0, 0.05) is 18.7 Å². The van der Waals surface area contributed by atoms with E-state index in [0.717, 1.165) is 5.56 Å². The van der Waals surface area contributed by atoms with E-state index in [4.69, 9.17) is 4.74 Å². The summed E-state index contributed by atoms with van der Waals surface area (Å²) in [5.41, 5.74) is 1.43. The molecule has 0 aliphatic carbocycles. The smallest absolute Gasteiger partial charge is 0.307 e. The van der Waals surface area contributed by atoms with Crippen LogP contribution in [-0.4, -0.2) is 43.1 Å². The Bertz CT molecular complexity index is 772. The number of carbonyl (C=O) groups excluding carboxylic acids is 2. The number of amides is 1. The second kappa shape index (κ2) is 10.4. The minimum atomic E-state index is -0.375. The third-order valence-electron chi connectivity index (χ3n) is 4.16. The number of hydrogen-bond donors (Lipinski definition) is 0. The summed E-state index contributed by atoms with van der Waals surface area (Å²) in [7, 11) is 1.32. The molecule has 0 heterocycles. The fraction of sp³-hybridized carbons (Fsp3) is 0.364. The van der Waals surface area contributed by atoms with Crippen LogP contribution in [0.3, 0.4) is 0 Å². The van der Waals surface area contributed by atoms with Crippen LogP contribution in [0, 0.1) is 5.82 Å². The molecule has 0 atom stereocenters. The molecule has 0 saturated carbocycles. The molecule has 28 heavy (non-hydrogen) atoms. The van der Waals surface area contributed by atoms with E-state index in [1.165, 1.54) is 19.2 Å². The molecule has 2 rings (SSSR count). The normalized spacial score (nSPS) is 10.6. The van der Waals surface area contributed by atoms with Crippen molar-refractivity contribution in [3.63, 3.8) is 0 Å². The van der Waals surface area contributed by atoms with Gasteiger partial charge in [-0.05, 0) is 62.2 Å². The van der Waals surface area contributed by atoms with Gasteiger partial charge in [0.25, 0.3) is 5.91 Å². The molecule has 0 spiro atoms. The van der Waals surface area contributed by atoms with Crippen LogP contribution in [0.15, 0.2) is 48.5 Å². The Balaban J connectivity index is 2.08. The molecule has 5 nitrogen and oxygen atoms in total. The van der Waals surface area contributed by atoms with Crippen molar-refractivity contribution in [3.05, 3.63) is 65.5 Å². The first-order chi connectivity index (χ1) is 13.4. The van der Waals surface area contributed by atoms with Gasteiger partial charge in [-0.15, -0.1) is 0 Å². The minimum absolute atomic E-state index is 0.0498. The first kappa shape index (κ1) is 21.4. The lowest BCUT2D eigenvalue weighted by molar-refractivity contribution is -0.140. The quantitative estimate of drug-likeness (QED) is 0.613. The second-order valence-corrected chi connectivity index (χ2v) is 6.69. The number of carbonyl (C=O) groups is 2. The average Bonchev–Trinajstić information content (AvgIpc) is 2.68. The molecule has 150 valence electrons. The minimum Gasteiger partial charge on any atom is -0.491 e. The number of esters is 1. The highest BCUT2D eigenvalue weighted by molar-refractivity contribution is 5.94. The zero-order chi connectivity index (χ0) is 20.5. The molecule has 1 amide bonds. The summed E-state index contributed by atoms with van der Waals surface area (Å²) in [6.45, 7) is 4.52. The van der Waals surface area contributed by atoms with Crippen molar-refractivity contribution in [1.82, 2.24) is 4.90 Å². The van der Waals surface area contributed by atoms with Gasteiger partial charge in [-0.1, -0.05) is 12.1 Å². The highest BCUT2D eigenvalue weighted by atomic mass is 19.1. The maximum atomic E-state index is 13.1. The van der Waals surface area contributed by atoms with Crippen molar-refractivity contribution in [1.29, 1.82) is 0 Å². The van der Waals surface area contributed by atoms with Crippen LogP contribution in [0.2, 0.25) is 0 Å². The predicted octanol–water partition coefficient (Wildman–Crippen LogP) is 3.86. The monoisotopic (exact) mass is 387 g/mol. The summed E-state index contributed by atoms with van der Waals surface area (Å²) in [5, 5.41) is 0. The Labute approximate surface area is 165 Å².